The molecule has 0 unspecified atom stereocenters. The van der Waals surface area contributed by atoms with Gasteiger partial charge in [0.25, 0.3) is 0 Å². The smallest absolute Gasteiger partial charge is 0.307 e. The molecule has 6 nitrogen and oxygen atoms in total. The number of thiocarbonyl (C=S) groups is 1. The lowest BCUT2D eigenvalue weighted by molar-refractivity contribution is -0.143. The fourth-order valence-corrected chi connectivity index (χ4v) is 2.48. The number of hydrogen-bond donors (Lipinski definition) is 1. The molecule has 0 spiro atoms. The fourth-order valence-electron chi connectivity index (χ4n) is 2.21. The summed E-state index contributed by atoms with van der Waals surface area (Å²) in [5, 5.41) is 3.66. The van der Waals surface area contributed by atoms with Crippen LogP contribution in [0.4, 0.5) is 5.69 Å². The van der Waals surface area contributed by atoms with Crippen LogP contribution in [0.1, 0.15) is 19.1 Å². The molecule has 134 valence electrons. The first-order valence-electron chi connectivity index (χ1n) is 8.00. The first-order valence-corrected chi connectivity index (χ1v) is 8.41. The summed E-state index contributed by atoms with van der Waals surface area (Å²) in [6.07, 6.45) is 1.85. The predicted molar refractivity (Wildman–Crippen MR) is 99.6 cm³/mol. The molecule has 7 heteroatoms. The average molecular weight is 362 g/mol. The molecule has 1 heterocycles. The van der Waals surface area contributed by atoms with Gasteiger partial charge >= 0.3 is 5.97 Å². The van der Waals surface area contributed by atoms with Crippen molar-refractivity contribution in [1.29, 1.82) is 0 Å². The van der Waals surface area contributed by atoms with Crippen molar-refractivity contribution in [1.82, 2.24) is 4.90 Å². The van der Waals surface area contributed by atoms with E-state index < -0.39 is 0 Å². The van der Waals surface area contributed by atoms with Crippen molar-refractivity contribution in [3.63, 3.8) is 0 Å². The van der Waals surface area contributed by atoms with E-state index in [0.29, 0.717) is 24.8 Å². The van der Waals surface area contributed by atoms with Crippen LogP contribution in [0.3, 0.4) is 0 Å². The SMILES string of the molecule is CCOC(=O)CCN(Cc1ccco1)C(=S)Nc1cccc(OC)c1. The highest BCUT2D eigenvalue weighted by Crippen LogP contribution is 2.18. The van der Waals surface area contributed by atoms with Crippen molar-refractivity contribution < 1.29 is 18.7 Å². The van der Waals surface area contributed by atoms with Crippen molar-refractivity contribution in [3.8, 4) is 5.75 Å². The van der Waals surface area contributed by atoms with E-state index >= 15 is 0 Å². The van der Waals surface area contributed by atoms with E-state index in [1.165, 1.54) is 0 Å². The summed E-state index contributed by atoms with van der Waals surface area (Å²) in [6, 6.07) is 11.2. The number of esters is 1. The van der Waals surface area contributed by atoms with E-state index in [9.17, 15) is 4.79 Å². The second kappa shape index (κ2) is 9.68. The third-order valence-corrected chi connectivity index (χ3v) is 3.79. The number of nitrogens with zero attached hydrogens (tertiary/aromatic N) is 1. The molecule has 0 aliphatic carbocycles. The number of hydrogen-bond acceptors (Lipinski definition) is 5. The summed E-state index contributed by atoms with van der Waals surface area (Å²) in [5.41, 5.74) is 0.810. The molecule has 0 saturated carbocycles. The fraction of sp³-hybridized carbons (Fsp3) is 0.333. The molecule has 0 saturated heterocycles. The highest BCUT2D eigenvalue weighted by molar-refractivity contribution is 7.80. The molecule has 2 rings (SSSR count). The maximum Gasteiger partial charge on any atom is 0.307 e. The molecule has 25 heavy (non-hydrogen) atoms. The van der Waals surface area contributed by atoms with Gasteiger partial charge in [-0.2, -0.15) is 0 Å². The number of carbonyl (C=O) groups excluding carboxylic acids is 1. The monoisotopic (exact) mass is 362 g/mol. The molecule has 1 N–H and O–H groups in total. The largest absolute Gasteiger partial charge is 0.497 e. The average Bonchev–Trinajstić information content (AvgIpc) is 3.12. The van der Waals surface area contributed by atoms with Gasteiger partial charge in [-0.3, -0.25) is 4.79 Å². The van der Waals surface area contributed by atoms with E-state index in [2.05, 4.69) is 5.32 Å². The maximum absolute atomic E-state index is 11.7. The van der Waals surface area contributed by atoms with Crippen LogP contribution in [0.5, 0.6) is 5.75 Å². The van der Waals surface area contributed by atoms with Gasteiger partial charge in [-0.15, -0.1) is 0 Å². The number of ether oxygens (including phenoxy) is 2. The van der Waals surface area contributed by atoms with E-state index in [4.69, 9.17) is 26.1 Å². The molecule has 0 fully saturated rings. The molecule has 0 radical (unpaired) electrons. The van der Waals surface area contributed by atoms with E-state index in [1.807, 2.05) is 41.3 Å². The van der Waals surface area contributed by atoms with E-state index in [0.717, 1.165) is 17.2 Å². The minimum absolute atomic E-state index is 0.245. The number of furan rings is 1. The summed E-state index contributed by atoms with van der Waals surface area (Å²) >= 11 is 5.51. The van der Waals surface area contributed by atoms with Crippen LogP contribution in [0.15, 0.2) is 47.1 Å². The Morgan fingerprint density at radius 3 is 2.84 bits per heavy atom. The van der Waals surface area contributed by atoms with Crippen molar-refractivity contribution >= 4 is 29.0 Å². The predicted octanol–water partition coefficient (Wildman–Crippen LogP) is 3.44. The van der Waals surface area contributed by atoms with Crippen LogP contribution in [0.25, 0.3) is 0 Å². The lowest BCUT2D eigenvalue weighted by Gasteiger charge is -2.24. The Bertz CT molecular complexity index is 688. The van der Waals surface area contributed by atoms with Crippen LogP contribution in [0.2, 0.25) is 0 Å². The number of carbonyl (C=O) groups is 1. The highest BCUT2D eigenvalue weighted by Gasteiger charge is 2.15. The number of anilines is 1. The normalized spacial score (nSPS) is 10.2. The first kappa shape index (κ1) is 18.8. The van der Waals surface area contributed by atoms with Crippen molar-refractivity contribution in [3.05, 3.63) is 48.4 Å². The quantitative estimate of drug-likeness (QED) is 0.570. The van der Waals surface area contributed by atoms with Crippen LogP contribution >= 0.6 is 12.2 Å². The van der Waals surface area contributed by atoms with Crippen molar-refractivity contribution in [2.24, 2.45) is 0 Å². The lowest BCUT2D eigenvalue weighted by Crippen LogP contribution is -2.36. The molecular formula is C18H22N2O4S. The second-order valence-electron chi connectivity index (χ2n) is 5.22. The second-order valence-corrected chi connectivity index (χ2v) is 5.60. The van der Waals surface area contributed by atoms with Crippen LogP contribution in [0, 0.1) is 0 Å². The zero-order chi connectivity index (χ0) is 18.1. The Balaban J connectivity index is 2.03. The topological polar surface area (TPSA) is 63.9 Å². The van der Waals surface area contributed by atoms with Gasteiger partial charge in [0.1, 0.15) is 11.5 Å². The van der Waals surface area contributed by atoms with Gasteiger partial charge in [-0.05, 0) is 43.4 Å². The first-order chi connectivity index (χ1) is 12.1. The Morgan fingerprint density at radius 1 is 1.32 bits per heavy atom. The lowest BCUT2D eigenvalue weighted by atomic mass is 10.3. The van der Waals surface area contributed by atoms with Crippen LogP contribution in [-0.2, 0) is 16.1 Å². The maximum atomic E-state index is 11.7. The summed E-state index contributed by atoms with van der Waals surface area (Å²) in [6.45, 7) is 3.04. The van der Waals surface area contributed by atoms with Gasteiger partial charge in [0, 0.05) is 18.3 Å². The van der Waals surface area contributed by atoms with Gasteiger partial charge in [0.05, 0.1) is 32.9 Å². The minimum Gasteiger partial charge on any atom is -0.497 e. The molecular weight excluding hydrogens is 340 g/mol. The zero-order valence-electron chi connectivity index (χ0n) is 14.4. The number of methoxy groups -OCH3 is 1. The van der Waals surface area contributed by atoms with Crippen LogP contribution < -0.4 is 10.1 Å². The van der Waals surface area contributed by atoms with Gasteiger partial charge in [-0.1, -0.05) is 6.07 Å². The zero-order valence-corrected chi connectivity index (χ0v) is 15.2. The molecule has 1 aromatic carbocycles. The molecule has 0 aliphatic heterocycles. The number of benzene rings is 1. The molecule has 0 bridgehead atoms. The van der Waals surface area contributed by atoms with E-state index in [-0.39, 0.29) is 12.4 Å². The third-order valence-electron chi connectivity index (χ3n) is 3.43. The van der Waals surface area contributed by atoms with Gasteiger partial charge in [0.15, 0.2) is 5.11 Å². The van der Waals surface area contributed by atoms with Crippen molar-refractivity contribution in [2.75, 3.05) is 25.6 Å². The molecule has 0 amide bonds. The van der Waals surface area contributed by atoms with Gasteiger partial charge in [0.2, 0.25) is 0 Å². The van der Waals surface area contributed by atoms with Crippen LogP contribution in [-0.4, -0.2) is 36.2 Å². The Kier molecular flexibility index (Phi) is 7.28. The summed E-state index contributed by atoms with van der Waals surface area (Å²) in [5.74, 6) is 1.24. The Hall–Kier alpha value is -2.54. The summed E-state index contributed by atoms with van der Waals surface area (Å²) in [4.78, 5) is 13.5. The molecule has 0 atom stereocenters. The highest BCUT2D eigenvalue weighted by atomic mass is 32.1. The standard InChI is InChI=1S/C18H22N2O4S/c1-3-23-17(21)9-10-20(13-16-8-5-11-24-16)18(25)19-14-6-4-7-15(12-14)22-2/h4-8,11-12H,3,9-10,13H2,1-2H3,(H,19,25). The van der Waals surface area contributed by atoms with Gasteiger partial charge in [-0.25, -0.2) is 0 Å². The number of rotatable bonds is 8. The Morgan fingerprint density at radius 2 is 2.16 bits per heavy atom. The summed E-state index contributed by atoms with van der Waals surface area (Å²) in [7, 11) is 1.61. The van der Waals surface area contributed by atoms with Crippen molar-refractivity contribution in [2.45, 2.75) is 19.9 Å². The minimum atomic E-state index is -0.254. The Labute approximate surface area is 152 Å². The molecule has 0 aliphatic rings. The van der Waals surface area contributed by atoms with E-state index in [1.54, 1.807) is 20.3 Å². The number of nitrogens with one attached hydrogen (secondary N) is 1. The third kappa shape index (κ3) is 6.11. The van der Waals surface area contributed by atoms with Gasteiger partial charge < -0.3 is 24.1 Å². The molecule has 2 aromatic rings. The summed E-state index contributed by atoms with van der Waals surface area (Å²) < 4.78 is 15.6. The molecule has 1 aromatic heterocycles.